The maximum atomic E-state index is 13.4. The van der Waals surface area contributed by atoms with E-state index >= 15 is 0 Å². The second-order valence-corrected chi connectivity index (χ2v) is 8.32. The maximum absolute atomic E-state index is 13.4. The molecule has 1 aromatic carbocycles. The number of hydrogen-bond acceptors (Lipinski definition) is 6. The largest absolute Gasteiger partial charge is 0.467 e. The topological polar surface area (TPSA) is 121 Å². The summed E-state index contributed by atoms with van der Waals surface area (Å²) in [4.78, 5) is 55.8. The van der Waals surface area contributed by atoms with Crippen LogP contribution in [-0.2, 0) is 24.4 Å². The molecule has 1 N–H and O–H groups in total. The normalized spacial score (nSPS) is 11.2. The van der Waals surface area contributed by atoms with Crippen molar-refractivity contribution in [3.8, 4) is 0 Å². The van der Waals surface area contributed by atoms with Crippen molar-refractivity contribution in [1.82, 2.24) is 23.8 Å². The lowest BCUT2D eigenvalue weighted by atomic mass is 10.2. The van der Waals surface area contributed by atoms with Crippen LogP contribution in [0.4, 0.5) is 0 Å². The van der Waals surface area contributed by atoms with Crippen LogP contribution in [0.3, 0.4) is 0 Å². The minimum absolute atomic E-state index is 0.0178. The van der Waals surface area contributed by atoms with Crippen molar-refractivity contribution < 1.29 is 9.21 Å². The maximum Gasteiger partial charge on any atom is 0.331 e. The van der Waals surface area contributed by atoms with Crippen LogP contribution >= 0.6 is 0 Å². The molecule has 5 aromatic rings. The molecule has 10 heteroatoms. The number of furan rings is 1. The number of carbonyl (C=O) groups is 1. The molecule has 0 atom stereocenters. The van der Waals surface area contributed by atoms with Gasteiger partial charge in [0.1, 0.15) is 11.4 Å². The van der Waals surface area contributed by atoms with Gasteiger partial charge in [0, 0.05) is 25.2 Å². The van der Waals surface area contributed by atoms with Gasteiger partial charge in [-0.25, -0.2) is 9.78 Å². The van der Waals surface area contributed by atoms with Gasteiger partial charge in [0.25, 0.3) is 11.1 Å². The molecule has 10 nitrogen and oxygen atoms in total. The average Bonchev–Trinajstić information content (AvgIpc) is 3.41. The molecule has 0 saturated carbocycles. The van der Waals surface area contributed by atoms with Crippen LogP contribution in [0.15, 0.2) is 91.9 Å². The van der Waals surface area contributed by atoms with Gasteiger partial charge in [-0.3, -0.25) is 27.9 Å². The number of rotatable bonds is 8. The molecule has 182 valence electrons. The second kappa shape index (κ2) is 9.87. The lowest BCUT2D eigenvalue weighted by molar-refractivity contribution is -0.121. The van der Waals surface area contributed by atoms with E-state index in [4.69, 9.17) is 4.42 Å². The number of hydrogen-bond donors (Lipinski definition) is 1. The van der Waals surface area contributed by atoms with Crippen molar-refractivity contribution in [2.75, 3.05) is 0 Å². The van der Waals surface area contributed by atoms with Crippen LogP contribution < -0.4 is 22.1 Å². The van der Waals surface area contributed by atoms with Crippen molar-refractivity contribution in [2.45, 2.75) is 32.5 Å². The molecule has 0 aliphatic rings. The summed E-state index contributed by atoms with van der Waals surface area (Å²) in [5.74, 6) is 0.431. The predicted octanol–water partition coefficient (Wildman–Crippen LogP) is 1.91. The van der Waals surface area contributed by atoms with Crippen molar-refractivity contribution in [2.24, 2.45) is 0 Å². The van der Waals surface area contributed by atoms with Gasteiger partial charge >= 0.3 is 5.69 Å². The van der Waals surface area contributed by atoms with Crippen LogP contribution in [0.1, 0.15) is 24.3 Å². The minimum Gasteiger partial charge on any atom is -0.467 e. The zero-order valence-electron chi connectivity index (χ0n) is 19.3. The third kappa shape index (κ3) is 4.61. The molecule has 1 amide bonds. The second-order valence-electron chi connectivity index (χ2n) is 8.32. The fourth-order valence-electron chi connectivity index (χ4n) is 4.15. The molecule has 4 aromatic heterocycles. The lowest BCUT2D eigenvalue weighted by Gasteiger charge is -2.14. The lowest BCUT2D eigenvalue weighted by Crippen LogP contribution is -2.40. The van der Waals surface area contributed by atoms with Gasteiger partial charge in [0.2, 0.25) is 5.91 Å². The molecular formula is C26H23N5O5. The van der Waals surface area contributed by atoms with Crippen LogP contribution in [0.25, 0.3) is 16.6 Å². The quantitative estimate of drug-likeness (QED) is 0.358. The summed E-state index contributed by atoms with van der Waals surface area (Å²) in [5, 5.41) is 3.12. The highest BCUT2D eigenvalue weighted by molar-refractivity contribution is 5.78. The van der Waals surface area contributed by atoms with E-state index in [2.05, 4.69) is 10.3 Å². The van der Waals surface area contributed by atoms with Crippen LogP contribution in [0.5, 0.6) is 0 Å². The molecule has 0 unspecified atom stereocenters. The third-order valence-corrected chi connectivity index (χ3v) is 5.90. The van der Waals surface area contributed by atoms with Crippen molar-refractivity contribution in [3.63, 3.8) is 0 Å². The Bertz CT molecular complexity index is 1730. The zero-order valence-corrected chi connectivity index (χ0v) is 19.3. The number of amides is 1. The fourth-order valence-corrected chi connectivity index (χ4v) is 4.15. The molecule has 0 bridgehead atoms. The van der Waals surface area contributed by atoms with Gasteiger partial charge in [-0.05, 0) is 42.8 Å². The molecule has 0 aliphatic carbocycles. The van der Waals surface area contributed by atoms with E-state index < -0.39 is 11.2 Å². The summed E-state index contributed by atoms with van der Waals surface area (Å²) in [6, 6.07) is 16.9. The Morgan fingerprint density at radius 2 is 1.81 bits per heavy atom. The highest BCUT2D eigenvalue weighted by atomic mass is 16.3. The summed E-state index contributed by atoms with van der Waals surface area (Å²) in [7, 11) is 0. The van der Waals surface area contributed by atoms with Crippen molar-refractivity contribution in [1.29, 1.82) is 0 Å². The molecule has 5 rings (SSSR count). The zero-order chi connectivity index (χ0) is 25.1. The van der Waals surface area contributed by atoms with E-state index in [1.807, 2.05) is 0 Å². The van der Waals surface area contributed by atoms with Crippen LogP contribution in [0, 0.1) is 0 Å². The first-order chi connectivity index (χ1) is 17.5. The Kier molecular flexibility index (Phi) is 6.31. The number of aromatic nitrogens is 4. The number of benzene rings is 1. The fraction of sp³-hybridized carbons (Fsp3) is 0.192. The molecule has 0 fully saturated rings. The molecular weight excluding hydrogens is 462 g/mol. The van der Waals surface area contributed by atoms with E-state index in [0.29, 0.717) is 34.4 Å². The summed E-state index contributed by atoms with van der Waals surface area (Å²) in [6.45, 7) is 0.363. The Morgan fingerprint density at radius 3 is 2.64 bits per heavy atom. The highest BCUT2D eigenvalue weighted by Crippen LogP contribution is 2.10. The Balaban J connectivity index is 1.42. The van der Waals surface area contributed by atoms with E-state index in [0.717, 1.165) is 4.57 Å². The Hall–Kier alpha value is -4.73. The Morgan fingerprint density at radius 1 is 0.972 bits per heavy atom. The third-order valence-electron chi connectivity index (χ3n) is 5.90. The number of fused-ring (bicyclic) bond motifs is 2. The van der Waals surface area contributed by atoms with Crippen molar-refractivity contribution in [3.05, 3.63) is 116 Å². The first kappa shape index (κ1) is 23.0. The number of para-hydroxylation sites is 1. The van der Waals surface area contributed by atoms with Gasteiger partial charge in [0.05, 0.1) is 35.9 Å². The smallest absolute Gasteiger partial charge is 0.331 e. The van der Waals surface area contributed by atoms with E-state index in [1.165, 1.54) is 21.3 Å². The van der Waals surface area contributed by atoms with Gasteiger partial charge in [-0.2, -0.15) is 0 Å². The minimum atomic E-state index is -0.523. The van der Waals surface area contributed by atoms with Crippen LogP contribution in [-0.4, -0.2) is 24.4 Å². The first-order valence-electron chi connectivity index (χ1n) is 11.5. The van der Waals surface area contributed by atoms with E-state index in [-0.39, 0.29) is 37.5 Å². The molecule has 0 aliphatic heterocycles. The number of nitrogens with one attached hydrogen (secondary N) is 1. The van der Waals surface area contributed by atoms with Gasteiger partial charge < -0.3 is 9.73 Å². The molecule has 0 saturated heterocycles. The average molecular weight is 486 g/mol. The SMILES string of the molecule is O=C(CCCn1c(=O)c2ccccc2n(Cc2cc(=O)n3ccccc3n2)c1=O)NCc1ccco1. The van der Waals surface area contributed by atoms with Crippen molar-refractivity contribution >= 4 is 22.5 Å². The summed E-state index contributed by atoms with van der Waals surface area (Å²) < 4.78 is 9.19. The van der Waals surface area contributed by atoms with Gasteiger partial charge in [0.15, 0.2) is 0 Å². The molecule has 4 heterocycles. The number of pyridine rings is 1. The Labute approximate surface area is 204 Å². The summed E-state index contributed by atoms with van der Waals surface area (Å²) in [5.41, 5.74) is 0.114. The summed E-state index contributed by atoms with van der Waals surface area (Å²) in [6.07, 6.45) is 3.60. The highest BCUT2D eigenvalue weighted by Gasteiger charge is 2.15. The van der Waals surface area contributed by atoms with E-state index in [9.17, 15) is 19.2 Å². The molecule has 0 radical (unpaired) electrons. The van der Waals surface area contributed by atoms with Gasteiger partial charge in [-0.15, -0.1) is 0 Å². The summed E-state index contributed by atoms with van der Waals surface area (Å²) >= 11 is 0. The van der Waals surface area contributed by atoms with E-state index in [1.54, 1.807) is 60.8 Å². The van der Waals surface area contributed by atoms with Crippen LogP contribution in [0.2, 0.25) is 0 Å². The van der Waals surface area contributed by atoms with Gasteiger partial charge in [-0.1, -0.05) is 18.2 Å². The monoisotopic (exact) mass is 485 g/mol. The predicted molar refractivity (Wildman–Crippen MR) is 133 cm³/mol. The molecule has 36 heavy (non-hydrogen) atoms. The molecule has 0 spiro atoms. The first-order valence-corrected chi connectivity index (χ1v) is 11.5. The standard InChI is InChI=1S/C26H23N5O5/c32-23(27-16-19-7-6-14-36-19)11-5-13-30-25(34)20-8-1-2-9-21(20)31(26(30)35)17-18-15-24(33)29-12-4-3-10-22(29)28-18/h1-4,6-10,12,14-15H,5,11,13,16-17H2,(H,27,32). The number of carbonyl (C=O) groups excluding carboxylic acids is 1. The number of nitrogens with zero attached hydrogens (tertiary/aromatic N) is 4.